The summed E-state index contributed by atoms with van der Waals surface area (Å²) in [5, 5.41) is 0. The first-order chi connectivity index (χ1) is 16.2. The van der Waals surface area contributed by atoms with Crippen LogP contribution in [-0.4, -0.2) is 26.4 Å². The Hall–Kier alpha value is -2.63. The molecule has 4 nitrogen and oxygen atoms in total. The van der Waals surface area contributed by atoms with Crippen LogP contribution < -0.4 is 19.6 Å². The zero-order valence-electron chi connectivity index (χ0n) is 20.1. The van der Waals surface area contributed by atoms with Crippen molar-refractivity contribution in [3.63, 3.8) is 0 Å². The molecule has 0 saturated carbocycles. The average molecular weight is 624 g/mol. The van der Waals surface area contributed by atoms with Gasteiger partial charge in [0.15, 0.2) is 0 Å². The summed E-state index contributed by atoms with van der Waals surface area (Å²) >= 11 is 0. The summed E-state index contributed by atoms with van der Waals surface area (Å²) in [4.78, 5) is 10.1. The van der Waals surface area contributed by atoms with Crippen molar-refractivity contribution in [3.05, 3.63) is 90.0 Å². The van der Waals surface area contributed by atoms with E-state index in [9.17, 15) is 0 Å². The van der Waals surface area contributed by atoms with Gasteiger partial charge >= 0.3 is 0 Å². The van der Waals surface area contributed by atoms with E-state index in [-0.39, 0.29) is 32.1 Å². The predicted octanol–water partition coefficient (Wildman–Crippen LogP) is 6.43. The van der Waals surface area contributed by atoms with Gasteiger partial charge in [0.1, 0.15) is 0 Å². The third-order valence-electron chi connectivity index (χ3n) is 8.08. The van der Waals surface area contributed by atoms with Crippen molar-refractivity contribution in [3.8, 4) is 0 Å². The normalized spacial score (nSPS) is 22.2. The number of hydrogen-bond donors (Lipinski definition) is 0. The number of para-hydroxylation sites is 4. The van der Waals surface area contributed by atoms with Gasteiger partial charge in [-0.1, -0.05) is 67.7 Å². The Morgan fingerprint density at radius 2 is 0.971 bits per heavy atom. The van der Waals surface area contributed by atoms with Crippen molar-refractivity contribution < 1.29 is 19.8 Å². The van der Waals surface area contributed by atoms with E-state index in [1.165, 1.54) is 57.4 Å². The second kappa shape index (κ2) is 7.69. The molecule has 34 heavy (non-hydrogen) atoms. The van der Waals surface area contributed by atoms with Crippen molar-refractivity contribution in [2.24, 2.45) is 0 Å². The molecule has 4 aliphatic heterocycles. The van der Waals surface area contributed by atoms with Crippen LogP contribution in [0.2, 0.25) is 0 Å². The van der Waals surface area contributed by atoms with E-state index < -0.39 is 0 Å². The summed E-state index contributed by atoms with van der Waals surface area (Å²) in [6.45, 7) is 4.66. The Labute approximate surface area is 216 Å². The second-order valence-corrected chi connectivity index (χ2v) is 9.49. The topological polar surface area (TPSA) is 13.0 Å². The number of nitrogens with zero attached hydrogens (tertiary/aromatic N) is 4. The summed E-state index contributed by atoms with van der Waals surface area (Å²) in [6, 6.07) is 24.6. The first-order valence-electron chi connectivity index (χ1n) is 12.1. The molecule has 0 bridgehead atoms. The van der Waals surface area contributed by atoms with E-state index in [0.29, 0.717) is 0 Å². The van der Waals surface area contributed by atoms with Gasteiger partial charge in [-0.05, 0) is 36.6 Å². The smallest absolute Gasteiger partial charge is 0.0588 e. The van der Waals surface area contributed by atoms with Gasteiger partial charge in [0.05, 0.1) is 22.7 Å². The minimum Gasteiger partial charge on any atom is -0.469 e. The van der Waals surface area contributed by atoms with E-state index in [2.05, 4.69) is 114 Å². The van der Waals surface area contributed by atoms with Crippen molar-refractivity contribution in [1.29, 1.82) is 0 Å². The maximum Gasteiger partial charge on any atom is 0.0588 e. The molecule has 0 amide bonds. The molecule has 7 rings (SSSR count). The Bertz CT molecular complexity index is 1170. The third-order valence-corrected chi connectivity index (χ3v) is 8.08. The Kier molecular flexibility index (Phi) is 4.94. The Balaban J connectivity index is 0.00000217. The van der Waals surface area contributed by atoms with Crippen LogP contribution in [0.15, 0.2) is 66.7 Å². The third kappa shape index (κ3) is 2.49. The minimum absolute atomic E-state index is 0. The van der Waals surface area contributed by atoms with Gasteiger partial charge in [0.2, 0.25) is 0 Å². The maximum absolute atomic E-state index is 2.58. The molecule has 0 aliphatic carbocycles. The Morgan fingerprint density at radius 3 is 1.38 bits per heavy atom. The molecule has 4 aliphatic rings. The molecule has 1 unspecified atom stereocenters. The predicted molar refractivity (Wildman–Crippen MR) is 137 cm³/mol. The van der Waals surface area contributed by atoms with Crippen LogP contribution in [0.4, 0.5) is 34.1 Å². The minimum atomic E-state index is 0. The monoisotopic (exact) mass is 625 g/mol. The summed E-state index contributed by atoms with van der Waals surface area (Å²) in [5.74, 6) is 4.58. The standard InChI is InChI=1S/C29H29N4.Os/c1-5-18-26-19(6-2)29-31(4)21-13-8-10-15-23(21)33(29)25-17-11-16-24(27(25)26)32-22-14-9-7-12-20(22)30(3)28(18)32;/h7-17,28-29H,5-6H2,1-4H3;/q-3;/t28-,29?;/m1./s1. The first-order valence-corrected chi connectivity index (χ1v) is 12.1. The molecule has 0 radical (unpaired) electrons. The van der Waals surface area contributed by atoms with Crippen LogP contribution in [0.1, 0.15) is 32.3 Å². The van der Waals surface area contributed by atoms with Gasteiger partial charge in [-0.15, -0.1) is 0 Å². The summed E-state index contributed by atoms with van der Waals surface area (Å²) in [5.41, 5.74) is 9.31. The SMILES string of the molecule is CC[C-]1[C-]2c3c(cccc3N3c4ccccc4N(C)[C@H]3[C-]2CC)N2c3ccccc3N(C)C12.[Os]. The van der Waals surface area contributed by atoms with Crippen molar-refractivity contribution in [2.75, 3.05) is 33.7 Å². The van der Waals surface area contributed by atoms with E-state index in [0.717, 1.165) is 12.8 Å². The second-order valence-electron chi connectivity index (χ2n) is 9.49. The van der Waals surface area contributed by atoms with Gasteiger partial charge in [-0.3, -0.25) is 0 Å². The van der Waals surface area contributed by atoms with E-state index >= 15 is 0 Å². The summed E-state index contributed by atoms with van der Waals surface area (Å²) < 4.78 is 0. The van der Waals surface area contributed by atoms with Crippen LogP contribution in [0, 0.1) is 17.8 Å². The molecule has 4 heterocycles. The quantitative estimate of drug-likeness (QED) is 0.305. The van der Waals surface area contributed by atoms with Gasteiger partial charge in [0, 0.05) is 33.9 Å². The van der Waals surface area contributed by atoms with Crippen molar-refractivity contribution in [1.82, 2.24) is 0 Å². The number of benzene rings is 3. The molecule has 0 N–H and O–H groups in total. The zero-order chi connectivity index (χ0) is 22.4. The van der Waals surface area contributed by atoms with Crippen LogP contribution in [0.3, 0.4) is 0 Å². The number of rotatable bonds is 2. The molecule has 0 aromatic heterocycles. The Morgan fingerprint density at radius 1 is 0.588 bits per heavy atom. The molecular formula is C29H29N4Os-3. The van der Waals surface area contributed by atoms with Crippen molar-refractivity contribution >= 4 is 34.1 Å². The molecule has 2 atom stereocenters. The van der Waals surface area contributed by atoms with Crippen molar-refractivity contribution in [2.45, 2.75) is 39.0 Å². The van der Waals surface area contributed by atoms with E-state index in [1.54, 1.807) is 0 Å². The van der Waals surface area contributed by atoms with Crippen LogP contribution in [-0.2, 0) is 19.8 Å². The molecule has 0 fully saturated rings. The largest absolute Gasteiger partial charge is 0.469 e. The molecule has 0 saturated heterocycles. The molecule has 0 spiro atoms. The summed E-state index contributed by atoms with van der Waals surface area (Å²) in [6.07, 6.45) is 2.53. The maximum atomic E-state index is 2.58. The summed E-state index contributed by atoms with van der Waals surface area (Å²) in [7, 11) is 4.51. The van der Waals surface area contributed by atoms with Gasteiger partial charge < -0.3 is 37.4 Å². The zero-order valence-corrected chi connectivity index (χ0v) is 22.6. The fourth-order valence-corrected chi connectivity index (χ4v) is 6.80. The average Bonchev–Trinajstić information content (AvgIpc) is 3.32. The first kappa shape index (κ1) is 21.9. The molecule has 3 aromatic carbocycles. The van der Waals surface area contributed by atoms with Crippen LogP contribution >= 0.6 is 0 Å². The number of hydrogen-bond acceptors (Lipinski definition) is 4. The van der Waals surface area contributed by atoms with Gasteiger partial charge in [-0.2, -0.15) is 12.8 Å². The van der Waals surface area contributed by atoms with Gasteiger partial charge in [-0.25, -0.2) is 5.56 Å². The molecule has 5 heteroatoms. The fourth-order valence-electron chi connectivity index (χ4n) is 6.80. The molecular weight excluding hydrogens is 595 g/mol. The van der Waals surface area contributed by atoms with E-state index in [1.807, 2.05) is 0 Å². The molecule has 176 valence electrons. The van der Waals surface area contributed by atoms with Gasteiger partial charge in [0.25, 0.3) is 0 Å². The number of anilines is 6. The van der Waals surface area contributed by atoms with Crippen LogP contribution in [0.25, 0.3) is 0 Å². The van der Waals surface area contributed by atoms with Crippen LogP contribution in [0.5, 0.6) is 0 Å². The van der Waals surface area contributed by atoms with E-state index in [4.69, 9.17) is 0 Å². The fraction of sp³-hybridized carbons (Fsp3) is 0.276. The molecule has 3 aromatic rings. The number of fused-ring (bicyclic) bond motifs is 8.